The van der Waals surface area contributed by atoms with Gasteiger partial charge in [0.1, 0.15) is 16.5 Å². The molecule has 9 heteroatoms. The zero-order chi connectivity index (χ0) is 33.6. The van der Waals surface area contributed by atoms with E-state index in [0.717, 1.165) is 51.7 Å². The maximum Gasteiger partial charge on any atom is 0.334 e. The highest BCUT2D eigenvalue weighted by Crippen LogP contribution is 2.26. The van der Waals surface area contributed by atoms with E-state index >= 15 is 0 Å². The lowest BCUT2D eigenvalue weighted by molar-refractivity contribution is 0.248. The van der Waals surface area contributed by atoms with Crippen molar-refractivity contribution in [3.8, 4) is 0 Å². The summed E-state index contributed by atoms with van der Waals surface area (Å²) < 4.78 is 16.3. The van der Waals surface area contributed by atoms with E-state index in [4.69, 9.17) is 8.85 Å². The smallest absolute Gasteiger partial charge is 0.334 e. The number of nitrogens with zero attached hydrogens (tertiary/aromatic N) is 4. The standard InChI is InChI=1S/C19H38N2O2Si2.C16H30N2Si/c1-9-20(16-11-17-25(8,22-3)23-4)18-12-14-19(15-13-18)21(10-2)24(5,6)7;1-7-14-17(8-2)15-10-12-16(13-11-15)18(9-3)19(4,5)6/h12-15H,9-11,16-17H2,1-8H3;10-13H,7-9,14H2,1-6H3. The van der Waals surface area contributed by atoms with Gasteiger partial charge in [-0.1, -0.05) is 46.2 Å². The quantitative estimate of drug-likeness (QED) is 0.148. The minimum Gasteiger partial charge on any atom is -0.398 e. The molecule has 0 aliphatic carbocycles. The van der Waals surface area contributed by atoms with Gasteiger partial charge in [0, 0.05) is 76.2 Å². The zero-order valence-corrected chi connectivity index (χ0v) is 34.1. The molecule has 0 unspecified atom stereocenters. The Hall–Kier alpha value is -1.79. The molecule has 0 spiro atoms. The second-order valence-electron chi connectivity index (χ2n) is 13.7. The molecule has 0 heterocycles. The highest BCUT2D eigenvalue weighted by molar-refractivity contribution is 6.80. The van der Waals surface area contributed by atoms with Crippen molar-refractivity contribution in [3.63, 3.8) is 0 Å². The second kappa shape index (κ2) is 19.0. The molecule has 0 atom stereocenters. The topological polar surface area (TPSA) is 31.4 Å². The van der Waals surface area contributed by atoms with Crippen molar-refractivity contribution in [1.82, 2.24) is 0 Å². The van der Waals surface area contributed by atoms with E-state index < -0.39 is 25.0 Å². The SMILES string of the molecule is CCCN(CC)c1ccc(N(CC)[Si](C)(C)C)cc1.CCN(CCC[Si](C)(OC)OC)c1ccc(N(CC)[Si](C)(C)C)cc1. The van der Waals surface area contributed by atoms with Gasteiger partial charge in [0.2, 0.25) is 0 Å². The largest absolute Gasteiger partial charge is 0.398 e. The molecule has 0 N–H and O–H groups in total. The average Bonchev–Trinajstić information content (AvgIpc) is 2.98. The van der Waals surface area contributed by atoms with Crippen LogP contribution >= 0.6 is 0 Å². The van der Waals surface area contributed by atoms with Crippen LogP contribution in [0.1, 0.15) is 47.5 Å². The van der Waals surface area contributed by atoms with Gasteiger partial charge in [-0.3, -0.25) is 0 Å². The predicted molar refractivity (Wildman–Crippen MR) is 207 cm³/mol. The Morgan fingerprint density at radius 1 is 0.500 bits per heavy atom. The Kier molecular flexibility index (Phi) is 17.4. The maximum absolute atomic E-state index is 5.59. The van der Waals surface area contributed by atoms with Crippen LogP contribution in [0.3, 0.4) is 0 Å². The summed E-state index contributed by atoms with van der Waals surface area (Å²) in [7, 11) is -1.03. The summed E-state index contributed by atoms with van der Waals surface area (Å²) >= 11 is 0. The van der Waals surface area contributed by atoms with E-state index in [-0.39, 0.29) is 0 Å². The van der Waals surface area contributed by atoms with E-state index in [1.54, 1.807) is 14.2 Å². The molecule has 0 aliphatic rings. The first-order valence-corrected chi connectivity index (χ1v) is 26.4. The maximum atomic E-state index is 5.59. The lowest BCUT2D eigenvalue weighted by atomic mass is 10.2. The Morgan fingerprint density at radius 2 is 0.841 bits per heavy atom. The fraction of sp³-hybridized carbons (Fsp3) is 0.657. The molecular weight excluding hydrogens is 593 g/mol. The van der Waals surface area contributed by atoms with Crippen molar-refractivity contribution in [2.45, 2.75) is 99.3 Å². The fourth-order valence-electron chi connectivity index (χ4n) is 5.86. The first kappa shape index (κ1) is 40.2. The van der Waals surface area contributed by atoms with Gasteiger partial charge in [0.05, 0.1) is 0 Å². The molecule has 0 amide bonds. The van der Waals surface area contributed by atoms with E-state index in [1.165, 1.54) is 29.2 Å². The van der Waals surface area contributed by atoms with Crippen molar-refractivity contribution in [2.24, 2.45) is 0 Å². The number of anilines is 4. The fourth-order valence-corrected chi connectivity index (χ4v) is 11.0. The molecule has 0 bridgehead atoms. The average molecular weight is 661 g/mol. The van der Waals surface area contributed by atoms with Crippen LogP contribution in [-0.2, 0) is 8.85 Å². The Bertz CT molecular complexity index is 1040. The zero-order valence-electron chi connectivity index (χ0n) is 31.1. The summed E-state index contributed by atoms with van der Waals surface area (Å²) in [5.41, 5.74) is 5.37. The lowest BCUT2D eigenvalue weighted by Crippen LogP contribution is -2.46. The molecular formula is C35H68N4O2Si3. The van der Waals surface area contributed by atoms with Gasteiger partial charge in [-0.25, -0.2) is 0 Å². The molecule has 2 aromatic rings. The number of hydrogen-bond donors (Lipinski definition) is 0. The number of rotatable bonds is 18. The van der Waals surface area contributed by atoms with Crippen LogP contribution in [0.2, 0.25) is 51.9 Å². The van der Waals surface area contributed by atoms with Crippen LogP contribution in [0.15, 0.2) is 48.5 Å². The van der Waals surface area contributed by atoms with Crippen LogP contribution in [0, 0.1) is 0 Å². The van der Waals surface area contributed by atoms with Crippen molar-refractivity contribution < 1.29 is 8.85 Å². The molecule has 0 aromatic heterocycles. The van der Waals surface area contributed by atoms with E-state index in [2.05, 4.69) is 148 Å². The Morgan fingerprint density at radius 3 is 1.11 bits per heavy atom. The molecule has 252 valence electrons. The third kappa shape index (κ3) is 12.5. The highest BCUT2D eigenvalue weighted by Gasteiger charge is 2.28. The van der Waals surface area contributed by atoms with E-state index in [9.17, 15) is 0 Å². The van der Waals surface area contributed by atoms with Crippen LogP contribution in [0.25, 0.3) is 0 Å². The van der Waals surface area contributed by atoms with Gasteiger partial charge in [-0.2, -0.15) is 0 Å². The highest BCUT2D eigenvalue weighted by atomic mass is 28.4. The molecule has 0 saturated heterocycles. The van der Waals surface area contributed by atoms with Crippen molar-refractivity contribution in [2.75, 3.05) is 72.4 Å². The van der Waals surface area contributed by atoms with Crippen molar-refractivity contribution in [3.05, 3.63) is 48.5 Å². The summed E-state index contributed by atoms with van der Waals surface area (Å²) in [6, 6.07) is 19.2. The molecule has 6 nitrogen and oxygen atoms in total. The van der Waals surface area contributed by atoms with Crippen molar-refractivity contribution in [1.29, 1.82) is 0 Å². The second-order valence-corrected chi connectivity index (χ2v) is 27.0. The van der Waals surface area contributed by atoms with Gasteiger partial charge in [0.15, 0.2) is 0 Å². The van der Waals surface area contributed by atoms with Gasteiger partial charge < -0.3 is 27.8 Å². The summed E-state index contributed by atoms with van der Waals surface area (Å²) in [5.74, 6) is 0. The van der Waals surface area contributed by atoms with Crippen LogP contribution in [0.5, 0.6) is 0 Å². The minimum atomic E-state index is -1.96. The Labute approximate surface area is 276 Å². The molecule has 44 heavy (non-hydrogen) atoms. The van der Waals surface area contributed by atoms with Gasteiger partial charge in [0.25, 0.3) is 0 Å². The third-order valence-electron chi connectivity index (χ3n) is 8.48. The predicted octanol–water partition coefficient (Wildman–Crippen LogP) is 9.51. The first-order valence-electron chi connectivity index (χ1n) is 17.0. The molecule has 0 radical (unpaired) electrons. The third-order valence-corrected chi connectivity index (χ3v) is 15.9. The summed E-state index contributed by atoms with van der Waals surface area (Å²) in [6.07, 6.45) is 2.29. The van der Waals surface area contributed by atoms with E-state index in [1.807, 2.05) is 0 Å². The van der Waals surface area contributed by atoms with Gasteiger partial charge >= 0.3 is 8.56 Å². The molecule has 2 rings (SSSR count). The normalized spacial score (nSPS) is 12.0. The first-order chi connectivity index (χ1) is 20.6. The van der Waals surface area contributed by atoms with Crippen molar-refractivity contribution >= 4 is 47.8 Å². The van der Waals surface area contributed by atoms with Gasteiger partial charge in [-0.15, -0.1) is 0 Å². The monoisotopic (exact) mass is 660 g/mol. The van der Waals surface area contributed by atoms with Gasteiger partial charge in [-0.05, 0) is 102 Å². The van der Waals surface area contributed by atoms with Crippen LogP contribution in [-0.4, -0.2) is 78.5 Å². The lowest BCUT2D eigenvalue weighted by Gasteiger charge is -2.36. The summed E-state index contributed by atoms with van der Waals surface area (Å²) in [5, 5.41) is 0. The molecule has 2 aromatic carbocycles. The van der Waals surface area contributed by atoms with Crippen LogP contribution in [0.4, 0.5) is 22.7 Å². The number of hydrogen-bond acceptors (Lipinski definition) is 6. The molecule has 0 saturated carbocycles. The molecule has 0 aliphatic heterocycles. The van der Waals surface area contributed by atoms with E-state index in [0.29, 0.717) is 0 Å². The summed E-state index contributed by atoms with van der Waals surface area (Å²) in [4.78, 5) is 4.88. The Balaban J connectivity index is 0.000000457. The number of benzene rings is 2. The molecule has 0 fully saturated rings. The summed E-state index contributed by atoms with van der Waals surface area (Å²) in [6.45, 7) is 34.2. The van der Waals surface area contributed by atoms with Crippen LogP contribution < -0.4 is 18.9 Å². The minimum absolute atomic E-state index is 1.02.